The van der Waals surface area contributed by atoms with Crippen LogP contribution in [0.2, 0.25) is 0 Å². The first-order chi connectivity index (χ1) is 14.1. The quantitative estimate of drug-likeness (QED) is 0.730. The van der Waals surface area contributed by atoms with Gasteiger partial charge in [0.05, 0.1) is 18.8 Å². The summed E-state index contributed by atoms with van der Waals surface area (Å²) in [7, 11) is 0. The molecule has 0 spiro atoms. The average Bonchev–Trinajstić information content (AvgIpc) is 3.12. The third-order valence-electron chi connectivity index (χ3n) is 5.61. The molecule has 0 aliphatic carbocycles. The molecule has 1 unspecified atom stereocenters. The van der Waals surface area contributed by atoms with Crippen LogP contribution < -0.4 is 5.32 Å². The summed E-state index contributed by atoms with van der Waals surface area (Å²) >= 11 is 0. The molecule has 1 atom stereocenters. The smallest absolute Gasteiger partial charge is 0.254 e. The molecule has 148 valence electrons. The van der Waals surface area contributed by atoms with Gasteiger partial charge in [-0.3, -0.25) is 4.79 Å². The van der Waals surface area contributed by atoms with Crippen LogP contribution >= 0.6 is 0 Å². The monoisotopic (exact) mass is 389 g/mol. The third kappa shape index (κ3) is 2.98. The van der Waals surface area contributed by atoms with Gasteiger partial charge in [-0.15, -0.1) is 0 Å². The van der Waals surface area contributed by atoms with Gasteiger partial charge in [-0.2, -0.15) is 10.1 Å². The number of ether oxygens (including phenoxy) is 1. The summed E-state index contributed by atoms with van der Waals surface area (Å²) in [5.41, 5.74) is 2.58. The van der Waals surface area contributed by atoms with Crippen molar-refractivity contribution in [2.75, 3.05) is 31.6 Å². The fourth-order valence-corrected chi connectivity index (χ4v) is 4.25. The number of amides is 1. The number of hydrogen-bond acceptors (Lipinski definition) is 5. The molecule has 1 aromatic heterocycles. The number of carbonyl (C=O) groups is 1. The van der Waals surface area contributed by atoms with E-state index in [4.69, 9.17) is 4.74 Å². The first-order valence-corrected chi connectivity index (χ1v) is 9.89. The lowest BCUT2D eigenvalue weighted by molar-refractivity contribution is -0.131. The Hall–Kier alpha value is -3.19. The van der Waals surface area contributed by atoms with E-state index >= 15 is 0 Å². The predicted molar refractivity (Wildman–Crippen MR) is 111 cm³/mol. The highest BCUT2D eigenvalue weighted by Crippen LogP contribution is 2.38. The van der Waals surface area contributed by atoms with E-state index in [0.29, 0.717) is 43.6 Å². The van der Waals surface area contributed by atoms with Crippen LogP contribution in [0.4, 0.5) is 5.95 Å². The maximum atomic E-state index is 13.6. The highest BCUT2D eigenvalue weighted by Gasteiger charge is 2.36. The van der Waals surface area contributed by atoms with Gasteiger partial charge in [0, 0.05) is 18.8 Å². The Bertz CT molecular complexity index is 1120. The fourth-order valence-electron chi connectivity index (χ4n) is 4.25. The number of aromatic nitrogens is 3. The van der Waals surface area contributed by atoms with E-state index < -0.39 is 0 Å². The molecule has 0 saturated carbocycles. The van der Waals surface area contributed by atoms with Gasteiger partial charge in [0.1, 0.15) is 11.9 Å². The van der Waals surface area contributed by atoms with Gasteiger partial charge in [0.15, 0.2) is 0 Å². The number of benzene rings is 2. The van der Waals surface area contributed by atoms with Gasteiger partial charge in [0.25, 0.3) is 5.91 Å². The number of nitrogens with one attached hydrogen (secondary N) is 1. The Kier molecular flexibility index (Phi) is 4.32. The molecule has 3 aromatic rings. The molecule has 7 heteroatoms. The van der Waals surface area contributed by atoms with E-state index in [2.05, 4.69) is 39.7 Å². The predicted octanol–water partition coefficient (Wildman–Crippen LogP) is 2.89. The number of anilines is 1. The molecule has 5 rings (SSSR count). The molecule has 3 heterocycles. The summed E-state index contributed by atoms with van der Waals surface area (Å²) in [6, 6.07) is 14.1. The third-order valence-corrected chi connectivity index (χ3v) is 5.61. The number of fused-ring (bicyclic) bond motifs is 2. The summed E-state index contributed by atoms with van der Waals surface area (Å²) in [5.74, 6) is 1.36. The number of allylic oxidation sites excluding steroid dienone is 1. The zero-order valence-electron chi connectivity index (χ0n) is 16.6. The summed E-state index contributed by atoms with van der Waals surface area (Å²) in [6.07, 6.45) is 0. The highest BCUT2D eigenvalue weighted by molar-refractivity contribution is 5.98. The maximum absolute atomic E-state index is 13.6. The number of nitrogens with zero attached hydrogens (tertiary/aromatic N) is 4. The van der Waals surface area contributed by atoms with Crippen molar-refractivity contribution in [3.8, 4) is 0 Å². The molecule has 1 amide bonds. The van der Waals surface area contributed by atoms with Crippen molar-refractivity contribution >= 4 is 22.6 Å². The Morgan fingerprint density at radius 1 is 1.10 bits per heavy atom. The second-order valence-electron chi connectivity index (χ2n) is 7.47. The van der Waals surface area contributed by atoms with Crippen LogP contribution in [0.5, 0.6) is 0 Å². The zero-order valence-corrected chi connectivity index (χ0v) is 16.6. The van der Waals surface area contributed by atoms with E-state index in [1.165, 1.54) is 0 Å². The molecule has 29 heavy (non-hydrogen) atoms. The van der Waals surface area contributed by atoms with Crippen LogP contribution in [0.3, 0.4) is 0 Å². The van der Waals surface area contributed by atoms with Gasteiger partial charge in [-0.05, 0) is 30.2 Å². The van der Waals surface area contributed by atoms with Crippen LogP contribution in [0, 0.1) is 6.92 Å². The lowest BCUT2D eigenvalue weighted by Gasteiger charge is -2.34. The number of hydrogen-bond donors (Lipinski definition) is 1. The molecule has 0 bridgehead atoms. The van der Waals surface area contributed by atoms with E-state index in [-0.39, 0.29) is 11.9 Å². The average molecular weight is 389 g/mol. The topological polar surface area (TPSA) is 72.3 Å². The van der Waals surface area contributed by atoms with Crippen LogP contribution in [0.1, 0.15) is 24.4 Å². The van der Waals surface area contributed by atoms with Gasteiger partial charge in [0.2, 0.25) is 5.95 Å². The highest BCUT2D eigenvalue weighted by atomic mass is 16.5. The number of morpholine rings is 1. The van der Waals surface area contributed by atoms with E-state index in [1.807, 2.05) is 41.6 Å². The van der Waals surface area contributed by atoms with Gasteiger partial charge in [-0.25, -0.2) is 4.68 Å². The van der Waals surface area contributed by atoms with Gasteiger partial charge >= 0.3 is 0 Å². The van der Waals surface area contributed by atoms with Crippen molar-refractivity contribution in [3.05, 3.63) is 65.1 Å². The first-order valence-electron chi connectivity index (χ1n) is 9.89. The second kappa shape index (κ2) is 7.00. The largest absolute Gasteiger partial charge is 0.378 e. The van der Waals surface area contributed by atoms with Crippen molar-refractivity contribution in [3.63, 3.8) is 0 Å². The molecule has 1 saturated heterocycles. The standard InChI is InChI=1S/C22H23N5O2/c1-14-19(21(28)26-10-12-29-13-11-26)20(27-22(23-14)24-15(2)25-27)18-9-5-7-16-6-3-4-8-17(16)18/h3-9,20H,10-13H2,1-2H3,(H,23,24,25). The Morgan fingerprint density at radius 3 is 2.69 bits per heavy atom. The second-order valence-corrected chi connectivity index (χ2v) is 7.47. The SMILES string of the molecule is CC1=C(C(=O)N2CCOCC2)C(c2cccc3ccccc23)n2nc(C)nc2N1. The van der Waals surface area contributed by atoms with Crippen LogP contribution in [0.15, 0.2) is 53.7 Å². The minimum Gasteiger partial charge on any atom is -0.378 e. The molecular weight excluding hydrogens is 366 g/mol. The van der Waals surface area contributed by atoms with E-state index in [9.17, 15) is 4.79 Å². The molecule has 2 aromatic carbocycles. The fraction of sp³-hybridized carbons (Fsp3) is 0.318. The molecule has 0 radical (unpaired) electrons. The van der Waals surface area contributed by atoms with Crippen molar-refractivity contribution in [2.45, 2.75) is 19.9 Å². The lowest BCUT2D eigenvalue weighted by atomic mass is 9.91. The van der Waals surface area contributed by atoms with Crippen molar-refractivity contribution < 1.29 is 9.53 Å². The minimum atomic E-state index is -0.339. The van der Waals surface area contributed by atoms with Gasteiger partial charge in [-0.1, -0.05) is 42.5 Å². The summed E-state index contributed by atoms with van der Waals surface area (Å²) in [6.45, 7) is 6.14. The molecule has 1 fully saturated rings. The number of rotatable bonds is 2. The van der Waals surface area contributed by atoms with E-state index in [0.717, 1.165) is 22.0 Å². The van der Waals surface area contributed by atoms with Crippen LogP contribution in [-0.4, -0.2) is 51.9 Å². The Morgan fingerprint density at radius 2 is 1.86 bits per heavy atom. The minimum absolute atomic E-state index is 0.0232. The van der Waals surface area contributed by atoms with Crippen molar-refractivity contribution in [1.82, 2.24) is 19.7 Å². The zero-order chi connectivity index (χ0) is 20.0. The van der Waals surface area contributed by atoms with Crippen molar-refractivity contribution in [2.24, 2.45) is 0 Å². The van der Waals surface area contributed by atoms with Crippen molar-refractivity contribution in [1.29, 1.82) is 0 Å². The van der Waals surface area contributed by atoms with Gasteiger partial charge < -0.3 is 15.0 Å². The normalized spacial score (nSPS) is 19.2. The molecule has 1 N–H and O–H groups in total. The maximum Gasteiger partial charge on any atom is 0.254 e. The molecule has 2 aliphatic rings. The summed E-state index contributed by atoms with van der Waals surface area (Å²) < 4.78 is 7.28. The first kappa shape index (κ1) is 17.9. The lowest BCUT2D eigenvalue weighted by Crippen LogP contribution is -2.44. The Balaban J connectivity index is 1.70. The number of aryl methyl sites for hydroxylation is 1. The van der Waals surface area contributed by atoms with Crippen LogP contribution in [-0.2, 0) is 9.53 Å². The summed E-state index contributed by atoms with van der Waals surface area (Å²) in [4.78, 5) is 20.0. The molecule has 7 nitrogen and oxygen atoms in total. The molecular formula is C22H23N5O2. The van der Waals surface area contributed by atoms with Crippen LogP contribution in [0.25, 0.3) is 10.8 Å². The Labute approximate surface area is 169 Å². The van der Waals surface area contributed by atoms with E-state index in [1.54, 1.807) is 0 Å². The number of carbonyl (C=O) groups excluding carboxylic acids is 1. The summed E-state index contributed by atoms with van der Waals surface area (Å²) in [5, 5.41) is 10.2. The molecule has 2 aliphatic heterocycles.